The van der Waals surface area contributed by atoms with Crippen LogP contribution in [-0.4, -0.2) is 62.5 Å². The molecule has 0 heterocycles. The Labute approximate surface area is 358 Å². The first-order valence-corrected chi connectivity index (χ1v) is 22.3. The van der Waals surface area contributed by atoms with E-state index in [0.717, 1.165) is 75.3 Å². The van der Waals surface area contributed by atoms with Crippen LogP contribution in [-0.2, 0) is 33.4 Å². The van der Waals surface area contributed by atoms with Crippen molar-refractivity contribution in [2.75, 3.05) is 27.8 Å². The molecule has 5 aliphatic carbocycles. The van der Waals surface area contributed by atoms with Gasteiger partial charge in [-0.05, 0) is 155 Å². The van der Waals surface area contributed by atoms with Crippen molar-refractivity contribution in [3.05, 3.63) is 42.0 Å². The van der Waals surface area contributed by atoms with Crippen LogP contribution in [0.5, 0.6) is 11.5 Å². The van der Waals surface area contributed by atoms with Crippen LogP contribution in [0.1, 0.15) is 138 Å². The predicted octanol–water partition coefficient (Wildman–Crippen LogP) is 10.3. The van der Waals surface area contributed by atoms with Crippen molar-refractivity contribution >= 4 is 29.6 Å². The molecule has 10 heteroatoms. The SMILES string of the molecule is C=C(C)[C@@H]1CC[C@]2(C(=O)CC(=O)CC(C)(C)C(=O)O)CC[C@]3(C)[C@H](CC[C@@H]4[C@@]5(C)CC[C@H](OC(=O)/C=C/c6ccc(OCOC)c(OCOC)c6)C(C)(C)[C@@H]5CC[C@]43C)[C@@H]12. The van der Waals surface area contributed by atoms with E-state index < -0.39 is 16.8 Å². The number of ketones is 2. The Bertz CT molecular complexity index is 1860. The molecule has 1 aromatic rings. The minimum absolute atomic E-state index is 0.00647. The van der Waals surface area contributed by atoms with Gasteiger partial charge in [0.25, 0.3) is 0 Å². The maximum Gasteiger partial charge on any atom is 0.331 e. The molecular weight excluding hydrogens is 761 g/mol. The molecule has 0 aliphatic heterocycles. The zero-order valence-electron chi connectivity index (χ0n) is 38.1. The molecule has 60 heavy (non-hydrogen) atoms. The van der Waals surface area contributed by atoms with Gasteiger partial charge in [0.1, 0.15) is 17.7 Å². The third-order valence-corrected chi connectivity index (χ3v) is 17.4. The Morgan fingerprint density at radius 2 is 1.52 bits per heavy atom. The van der Waals surface area contributed by atoms with E-state index >= 15 is 0 Å². The maximum absolute atomic E-state index is 14.5. The lowest BCUT2D eigenvalue weighted by molar-refractivity contribution is -0.248. The number of aliphatic carboxylic acids is 1. The van der Waals surface area contributed by atoms with Gasteiger partial charge in [-0.25, -0.2) is 4.79 Å². The number of fused-ring (bicyclic) bond motifs is 7. The molecule has 6 rings (SSSR count). The summed E-state index contributed by atoms with van der Waals surface area (Å²) < 4.78 is 27.8. The number of rotatable bonds is 16. The first-order chi connectivity index (χ1) is 28.1. The topological polar surface area (TPSA) is 135 Å². The van der Waals surface area contributed by atoms with Crippen LogP contribution < -0.4 is 9.47 Å². The summed E-state index contributed by atoms with van der Waals surface area (Å²) >= 11 is 0. The van der Waals surface area contributed by atoms with E-state index in [1.54, 1.807) is 46.3 Å². The lowest BCUT2D eigenvalue weighted by Gasteiger charge is -2.73. The lowest BCUT2D eigenvalue weighted by Crippen LogP contribution is -2.67. The summed E-state index contributed by atoms with van der Waals surface area (Å²) in [6.07, 6.45) is 12.2. The molecule has 0 unspecified atom stereocenters. The van der Waals surface area contributed by atoms with Crippen molar-refractivity contribution in [2.24, 2.45) is 62.1 Å². The number of carboxylic acid groups (broad SMARTS) is 1. The largest absolute Gasteiger partial charge is 0.481 e. The number of allylic oxidation sites excluding steroid dienone is 1. The smallest absolute Gasteiger partial charge is 0.331 e. The number of Topliss-reactive ketones (excluding diaryl/α,β-unsaturated/α-hetero) is 2. The molecule has 332 valence electrons. The molecule has 0 bridgehead atoms. The normalized spacial score (nSPS) is 35.6. The Hall–Kier alpha value is -3.50. The second-order valence-electron chi connectivity index (χ2n) is 21.3. The summed E-state index contributed by atoms with van der Waals surface area (Å²) in [5, 5.41) is 9.69. The van der Waals surface area contributed by atoms with Crippen molar-refractivity contribution in [3.63, 3.8) is 0 Å². The van der Waals surface area contributed by atoms with Crippen molar-refractivity contribution in [2.45, 2.75) is 139 Å². The maximum atomic E-state index is 14.5. The lowest BCUT2D eigenvalue weighted by atomic mass is 9.32. The summed E-state index contributed by atoms with van der Waals surface area (Å²) in [7, 11) is 3.10. The van der Waals surface area contributed by atoms with E-state index in [-0.39, 0.29) is 83.6 Å². The standard InChI is InChI=1S/C50H72O10/c1-31(2)34-18-23-50(40(52)27-33(51)28-45(3,4)44(54)55)25-24-48(8)35(43(34)50)14-16-39-47(7)21-20-41(46(5,6)38(47)19-22-49(39,48)9)60-42(53)17-13-32-12-15-36(58-29-56-10)37(26-32)59-30-57-11/h12-13,15,17,26,34-35,38-39,41,43H,1,14,16,18-25,27-30H2,2-11H3,(H,54,55)/b17-13+/t34-,35+,38-,39+,41-,43+,47-,48+,49+,50+/m0/s1. The van der Waals surface area contributed by atoms with E-state index in [1.165, 1.54) is 6.08 Å². The quantitative estimate of drug-likeness (QED) is 0.0564. The fraction of sp³-hybridized carbons (Fsp3) is 0.720. The Morgan fingerprint density at radius 3 is 2.17 bits per heavy atom. The number of ether oxygens (including phenoxy) is 5. The van der Waals surface area contributed by atoms with Gasteiger partial charge in [-0.15, -0.1) is 0 Å². The molecule has 5 fully saturated rings. The fourth-order valence-electron chi connectivity index (χ4n) is 14.2. The number of carboxylic acids is 1. The van der Waals surface area contributed by atoms with Crippen LogP contribution in [0, 0.1) is 62.1 Å². The van der Waals surface area contributed by atoms with Gasteiger partial charge in [-0.1, -0.05) is 52.8 Å². The molecule has 0 aromatic heterocycles. The van der Waals surface area contributed by atoms with Gasteiger partial charge in [0.15, 0.2) is 25.1 Å². The molecule has 5 aliphatic rings. The Morgan fingerprint density at radius 1 is 0.833 bits per heavy atom. The number of esters is 1. The van der Waals surface area contributed by atoms with Crippen LogP contribution in [0.2, 0.25) is 0 Å². The summed E-state index contributed by atoms with van der Waals surface area (Å²) in [5.74, 6) is 0.932. The molecule has 1 aromatic carbocycles. The fourth-order valence-corrected chi connectivity index (χ4v) is 14.2. The van der Waals surface area contributed by atoms with Gasteiger partial charge in [-0.3, -0.25) is 14.4 Å². The van der Waals surface area contributed by atoms with Crippen molar-refractivity contribution in [1.29, 1.82) is 0 Å². The number of hydrogen-bond donors (Lipinski definition) is 1. The molecule has 10 nitrogen and oxygen atoms in total. The van der Waals surface area contributed by atoms with Crippen LogP contribution in [0.25, 0.3) is 6.08 Å². The minimum Gasteiger partial charge on any atom is -0.481 e. The predicted molar refractivity (Wildman–Crippen MR) is 230 cm³/mol. The van der Waals surface area contributed by atoms with Gasteiger partial charge in [0.2, 0.25) is 0 Å². The van der Waals surface area contributed by atoms with Crippen molar-refractivity contribution in [3.8, 4) is 11.5 Å². The van der Waals surface area contributed by atoms with Gasteiger partial charge in [0, 0.05) is 37.5 Å². The molecule has 0 saturated heterocycles. The van der Waals surface area contributed by atoms with Gasteiger partial charge in [0.05, 0.1) is 11.8 Å². The molecule has 0 spiro atoms. The number of methoxy groups -OCH3 is 2. The van der Waals surface area contributed by atoms with E-state index in [4.69, 9.17) is 23.7 Å². The number of carbonyl (C=O) groups excluding carboxylic acids is 3. The first-order valence-electron chi connectivity index (χ1n) is 22.3. The number of carbonyl (C=O) groups is 4. The minimum atomic E-state index is -1.21. The molecule has 5 saturated carbocycles. The molecular formula is C50H72O10. The van der Waals surface area contributed by atoms with E-state index in [1.807, 2.05) is 6.07 Å². The van der Waals surface area contributed by atoms with E-state index in [0.29, 0.717) is 29.3 Å². The number of hydrogen-bond acceptors (Lipinski definition) is 9. The number of benzene rings is 1. The van der Waals surface area contributed by atoms with E-state index in [2.05, 4.69) is 48.1 Å². The summed E-state index contributed by atoms with van der Waals surface area (Å²) in [6.45, 7) is 22.1. The molecule has 0 radical (unpaired) electrons. The van der Waals surface area contributed by atoms with Crippen LogP contribution >= 0.6 is 0 Å². The zero-order chi connectivity index (χ0) is 44.1. The highest BCUT2D eigenvalue weighted by Gasteiger charge is 2.72. The van der Waals surface area contributed by atoms with Gasteiger partial charge < -0.3 is 28.8 Å². The third kappa shape index (κ3) is 7.90. The third-order valence-electron chi connectivity index (χ3n) is 17.4. The van der Waals surface area contributed by atoms with Crippen molar-refractivity contribution < 1.29 is 48.0 Å². The summed E-state index contributed by atoms with van der Waals surface area (Å²) in [5.41, 5.74) is 0.0136. The monoisotopic (exact) mass is 833 g/mol. The van der Waals surface area contributed by atoms with Crippen molar-refractivity contribution in [1.82, 2.24) is 0 Å². The van der Waals surface area contributed by atoms with Crippen LogP contribution in [0.4, 0.5) is 0 Å². The summed E-state index contributed by atoms with van der Waals surface area (Å²) in [4.78, 5) is 53.2. The summed E-state index contributed by atoms with van der Waals surface area (Å²) in [6, 6.07) is 5.41. The molecule has 0 amide bonds. The Kier molecular flexibility index (Phi) is 13.0. The highest BCUT2D eigenvalue weighted by atomic mass is 16.7. The highest BCUT2D eigenvalue weighted by Crippen LogP contribution is 2.77. The molecule has 1 N–H and O–H groups in total. The highest BCUT2D eigenvalue weighted by molar-refractivity contribution is 6.03. The van der Waals surface area contributed by atoms with Crippen LogP contribution in [0.3, 0.4) is 0 Å². The average molecular weight is 833 g/mol. The average Bonchev–Trinajstić information content (AvgIpc) is 3.58. The molecule has 10 atom stereocenters. The van der Waals surface area contributed by atoms with Crippen LogP contribution in [0.15, 0.2) is 36.4 Å². The second-order valence-corrected chi connectivity index (χ2v) is 21.3. The van der Waals surface area contributed by atoms with Gasteiger partial charge >= 0.3 is 11.9 Å². The van der Waals surface area contributed by atoms with E-state index in [9.17, 15) is 24.3 Å². The zero-order valence-corrected chi connectivity index (χ0v) is 38.1. The second kappa shape index (κ2) is 17.0. The van der Waals surface area contributed by atoms with Gasteiger partial charge in [-0.2, -0.15) is 0 Å². The first kappa shape index (κ1) is 46.0. The Balaban J connectivity index is 1.19.